The Morgan fingerprint density at radius 1 is 1.55 bits per heavy atom. The Hall–Kier alpha value is -0.570. The van der Waals surface area contributed by atoms with Crippen LogP contribution in [0.25, 0.3) is 0 Å². The average Bonchev–Trinajstić information content (AvgIpc) is 1.87. The fourth-order valence-corrected chi connectivity index (χ4v) is 0.992. The van der Waals surface area contributed by atoms with Crippen LogP contribution in [0, 0.1) is 0 Å². The zero-order valence-electron chi connectivity index (χ0n) is 7.61. The Morgan fingerprint density at radius 3 is 2.64 bits per heavy atom. The van der Waals surface area contributed by atoms with E-state index in [-0.39, 0.29) is 5.91 Å². The van der Waals surface area contributed by atoms with Gasteiger partial charge in [-0.3, -0.25) is 4.79 Å². The van der Waals surface area contributed by atoms with Gasteiger partial charge in [0.2, 0.25) is 5.91 Å². The van der Waals surface area contributed by atoms with E-state index in [9.17, 15) is 4.79 Å². The maximum absolute atomic E-state index is 11.0. The molecule has 2 N–H and O–H groups in total. The molecule has 0 aliphatic carbocycles. The second kappa shape index (κ2) is 6.16. The van der Waals surface area contributed by atoms with Crippen LogP contribution in [0.3, 0.4) is 0 Å². The quantitative estimate of drug-likeness (QED) is 0.612. The highest BCUT2D eigenvalue weighted by Crippen LogP contribution is 1.93. The minimum atomic E-state index is 0.0773. The fourth-order valence-electron chi connectivity index (χ4n) is 0.992. The highest BCUT2D eigenvalue weighted by atomic mass is 16.1. The number of nitrogens with one attached hydrogen (secondary N) is 2. The fraction of sp³-hybridized carbons (Fsp3) is 0.875. The normalized spacial score (nSPS) is 12.6. The van der Waals surface area contributed by atoms with Crippen molar-refractivity contribution < 1.29 is 4.79 Å². The molecule has 0 rings (SSSR count). The topological polar surface area (TPSA) is 41.1 Å². The minimum absolute atomic E-state index is 0.0773. The summed E-state index contributed by atoms with van der Waals surface area (Å²) in [5.41, 5.74) is 0. The largest absolute Gasteiger partial charge is 0.353 e. The van der Waals surface area contributed by atoms with Gasteiger partial charge in [0.05, 0.1) is 6.54 Å². The summed E-state index contributed by atoms with van der Waals surface area (Å²) in [6.07, 6.45) is 2.16. The van der Waals surface area contributed by atoms with E-state index in [0.717, 1.165) is 12.8 Å². The molecule has 1 amide bonds. The summed E-state index contributed by atoms with van der Waals surface area (Å²) in [6.45, 7) is 4.55. The van der Waals surface area contributed by atoms with Crippen molar-refractivity contribution in [2.24, 2.45) is 0 Å². The van der Waals surface area contributed by atoms with Gasteiger partial charge in [-0.1, -0.05) is 13.3 Å². The van der Waals surface area contributed by atoms with Gasteiger partial charge in [-0.2, -0.15) is 0 Å². The number of carbonyl (C=O) groups excluding carboxylic acids is 1. The molecule has 3 heteroatoms. The first kappa shape index (κ1) is 10.4. The molecule has 0 fully saturated rings. The van der Waals surface area contributed by atoms with Crippen molar-refractivity contribution in [1.82, 2.24) is 10.6 Å². The molecule has 0 spiro atoms. The van der Waals surface area contributed by atoms with Gasteiger partial charge in [0.25, 0.3) is 0 Å². The van der Waals surface area contributed by atoms with E-state index in [1.165, 1.54) is 0 Å². The predicted octanol–water partition coefficient (Wildman–Crippen LogP) is 0.511. The number of hydrogen-bond acceptors (Lipinski definition) is 2. The van der Waals surface area contributed by atoms with E-state index < -0.39 is 0 Å². The summed E-state index contributed by atoms with van der Waals surface area (Å²) in [5.74, 6) is 0.0773. The molecule has 0 unspecified atom stereocenters. The molecule has 0 aromatic rings. The van der Waals surface area contributed by atoms with Gasteiger partial charge in [-0.15, -0.1) is 0 Å². The second-order valence-electron chi connectivity index (χ2n) is 2.79. The van der Waals surface area contributed by atoms with Gasteiger partial charge in [0.15, 0.2) is 0 Å². The number of rotatable bonds is 5. The van der Waals surface area contributed by atoms with E-state index in [1.807, 2.05) is 6.92 Å². The lowest BCUT2D eigenvalue weighted by molar-refractivity contribution is -0.120. The van der Waals surface area contributed by atoms with Gasteiger partial charge in [0, 0.05) is 6.04 Å². The molecule has 11 heavy (non-hydrogen) atoms. The Balaban J connectivity index is 3.40. The summed E-state index contributed by atoms with van der Waals surface area (Å²) >= 11 is 0. The Labute approximate surface area is 68.6 Å². The molecule has 0 heterocycles. The lowest BCUT2D eigenvalue weighted by atomic mass is 10.2. The first-order chi connectivity index (χ1) is 5.20. The Morgan fingerprint density at radius 2 is 2.18 bits per heavy atom. The standard InChI is InChI=1S/C8H18N2O/c1-4-5-7(2)10-8(11)6-9-3/h7,9H,4-6H2,1-3H3,(H,10,11)/t7-/m1/s1. The molecule has 0 bridgehead atoms. The van der Waals surface area contributed by atoms with Gasteiger partial charge in [-0.25, -0.2) is 0 Å². The van der Waals surface area contributed by atoms with Crippen molar-refractivity contribution in [2.75, 3.05) is 13.6 Å². The third kappa shape index (κ3) is 5.85. The van der Waals surface area contributed by atoms with Crippen molar-refractivity contribution in [3.8, 4) is 0 Å². The molecule has 0 saturated carbocycles. The van der Waals surface area contributed by atoms with Crippen LogP contribution in [0.4, 0.5) is 0 Å². The van der Waals surface area contributed by atoms with Gasteiger partial charge in [-0.05, 0) is 20.4 Å². The van der Waals surface area contributed by atoms with Crippen LogP contribution in [0.15, 0.2) is 0 Å². The SMILES string of the molecule is CCC[C@@H](C)NC(=O)CNC. The zero-order valence-corrected chi connectivity index (χ0v) is 7.61. The lowest BCUT2D eigenvalue weighted by Crippen LogP contribution is -2.37. The van der Waals surface area contributed by atoms with Gasteiger partial charge >= 0.3 is 0 Å². The predicted molar refractivity (Wildman–Crippen MR) is 46.4 cm³/mol. The first-order valence-corrected chi connectivity index (χ1v) is 4.14. The van der Waals surface area contributed by atoms with Crippen molar-refractivity contribution in [1.29, 1.82) is 0 Å². The third-order valence-corrected chi connectivity index (χ3v) is 1.47. The number of likely N-dealkylation sites (N-methyl/N-ethyl adjacent to an activating group) is 1. The van der Waals surface area contributed by atoms with E-state index in [2.05, 4.69) is 17.6 Å². The molecule has 0 aromatic carbocycles. The van der Waals surface area contributed by atoms with Crippen LogP contribution < -0.4 is 10.6 Å². The summed E-state index contributed by atoms with van der Waals surface area (Å²) < 4.78 is 0. The van der Waals surface area contributed by atoms with Crippen LogP contribution in [-0.4, -0.2) is 25.5 Å². The molecular weight excluding hydrogens is 140 g/mol. The summed E-state index contributed by atoms with van der Waals surface area (Å²) in [4.78, 5) is 11.0. The molecule has 0 saturated heterocycles. The van der Waals surface area contributed by atoms with Gasteiger partial charge in [0.1, 0.15) is 0 Å². The maximum atomic E-state index is 11.0. The molecule has 0 aromatic heterocycles. The average molecular weight is 158 g/mol. The van der Waals surface area contributed by atoms with Crippen molar-refractivity contribution in [2.45, 2.75) is 32.7 Å². The highest BCUT2D eigenvalue weighted by molar-refractivity contribution is 5.78. The molecule has 0 aliphatic heterocycles. The summed E-state index contributed by atoms with van der Waals surface area (Å²) in [5, 5.41) is 5.68. The second-order valence-corrected chi connectivity index (χ2v) is 2.79. The monoisotopic (exact) mass is 158 g/mol. The zero-order chi connectivity index (χ0) is 8.69. The van der Waals surface area contributed by atoms with Crippen LogP contribution in [0.1, 0.15) is 26.7 Å². The lowest BCUT2D eigenvalue weighted by Gasteiger charge is -2.11. The molecule has 0 radical (unpaired) electrons. The Kier molecular flexibility index (Phi) is 5.84. The smallest absolute Gasteiger partial charge is 0.234 e. The molecule has 3 nitrogen and oxygen atoms in total. The first-order valence-electron chi connectivity index (χ1n) is 4.14. The number of amides is 1. The molecular formula is C8H18N2O. The minimum Gasteiger partial charge on any atom is -0.353 e. The molecule has 1 atom stereocenters. The van der Waals surface area contributed by atoms with Crippen LogP contribution in [0.5, 0.6) is 0 Å². The number of carbonyl (C=O) groups is 1. The van der Waals surface area contributed by atoms with Gasteiger partial charge < -0.3 is 10.6 Å². The van der Waals surface area contributed by atoms with E-state index in [1.54, 1.807) is 7.05 Å². The number of hydrogen-bond donors (Lipinski definition) is 2. The van der Waals surface area contributed by atoms with Crippen molar-refractivity contribution >= 4 is 5.91 Å². The molecule has 0 aliphatic rings. The van der Waals surface area contributed by atoms with E-state index in [4.69, 9.17) is 0 Å². The highest BCUT2D eigenvalue weighted by Gasteiger charge is 2.03. The third-order valence-electron chi connectivity index (χ3n) is 1.47. The Bertz CT molecular complexity index is 115. The van der Waals surface area contributed by atoms with Crippen LogP contribution in [-0.2, 0) is 4.79 Å². The van der Waals surface area contributed by atoms with Crippen molar-refractivity contribution in [3.63, 3.8) is 0 Å². The molecule has 66 valence electrons. The van der Waals surface area contributed by atoms with Crippen molar-refractivity contribution in [3.05, 3.63) is 0 Å². The van der Waals surface area contributed by atoms with E-state index >= 15 is 0 Å². The van der Waals surface area contributed by atoms with Crippen LogP contribution >= 0.6 is 0 Å². The summed E-state index contributed by atoms with van der Waals surface area (Å²) in [6, 6.07) is 0.306. The summed E-state index contributed by atoms with van der Waals surface area (Å²) in [7, 11) is 1.77. The maximum Gasteiger partial charge on any atom is 0.234 e. The van der Waals surface area contributed by atoms with Crippen LogP contribution in [0.2, 0.25) is 0 Å². The van der Waals surface area contributed by atoms with E-state index in [0.29, 0.717) is 12.6 Å².